The fourth-order valence-corrected chi connectivity index (χ4v) is 2.97. The van der Waals surface area contributed by atoms with Crippen molar-refractivity contribution < 1.29 is 32.7 Å². The van der Waals surface area contributed by atoms with Crippen molar-refractivity contribution in [2.75, 3.05) is 6.54 Å². The molecule has 1 unspecified atom stereocenters. The number of hydrogen-bond acceptors (Lipinski definition) is 6. The van der Waals surface area contributed by atoms with Gasteiger partial charge in [-0.3, -0.25) is 10.1 Å². The van der Waals surface area contributed by atoms with Crippen LogP contribution in [0, 0.1) is 15.9 Å². The average molecular weight is 469 g/mol. The Labute approximate surface area is 188 Å². The molecule has 1 atom stereocenters. The van der Waals surface area contributed by atoms with Crippen LogP contribution in [0.5, 0.6) is 0 Å². The van der Waals surface area contributed by atoms with Crippen molar-refractivity contribution in [3.63, 3.8) is 0 Å². The Balaban J connectivity index is 2.65. The number of alkyl halides is 2. The topological polar surface area (TPSA) is 115 Å². The molecule has 11 heteroatoms. The van der Waals surface area contributed by atoms with Gasteiger partial charge in [0.15, 0.2) is 0 Å². The molecule has 1 heterocycles. The van der Waals surface area contributed by atoms with Crippen molar-refractivity contribution in [3.05, 3.63) is 63.6 Å². The van der Waals surface area contributed by atoms with Crippen LogP contribution in [-0.2, 0) is 15.9 Å². The molecule has 2 aromatic rings. The van der Waals surface area contributed by atoms with Crippen LogP contribution in [0.2, 0.25) is 0 Å². The molecule has 2 rings (SSSR count). The number of alkyl carbamates (subject to hydrolysis) is 1. The molecule has 33 heavy (non-hydrogen) atoms. The first-order chi connectivity index (χ1) is 15.0. The van der Waals surface area contributed by atoms with E-state index < -0.39 is 52.2 Å². The lowest BCUT2D eigenvalue weighted by Gasteiger charge is -2.31. The Morgan fingerprint density at radius 1 is 1.18 bits per heavy atom. The number of amides is 1. The molecule has 8 nitrogen and oxygen atoms in total. The monoisotopic (exact) mass is 469 g/mol. The zero-order chi connectivity index (χ0) is 25.2. The molecule has 0 spiro atoms. The number of pyridine rings is 1. The predicted molar refractivity (Wildman–Crippen MR) is 114 cm³/mol. The summed E-state index contributed by atoms with van der Waals surface area (Å²) in [4.78, 5) is 26.3. The van der Waals surface area contributed by atoms with Gasteiger partial charge in [0.25, 0.3) is 6.43 Å². The van der Waals surface area contributed by atoms with Crippen molar-refractivity contribution in [1.29, 1.82) is 0 Å². The van der Waals surface area contributed by atoms with Gasteiger partial charge in [-0.25, -0.2) is 22.9 Å². The van der Waals surface area contributed by atoms with Gasteiger partial charge < -0.3 is 15.2 Å². The van der Waals surface area contributed by atoms with E-state index in [0.29, 0.717) is 5.56 Å². The lowest BCUT2D eigenvalue weighted by atomic mass is 9.89. The molecule has 0 fully saturated rings. The number of carbonyl (C=O) groups excluding carboxylic acids is 1. The van der Waals surface area contributed by atoms with Gasteiger partial charge in [0.1, 0.15) is 11.4 Å². The SMILES string of the molecule is CC(C)(C)OC(=O)NC(C)(C)c1cc(-c2ccc(F)cc2)nc(C(O)(C[N+](=O)[O-])C(F)F)c1. The Hall–Kier alpha value is -3.21. The number of ether oxygens (including phenoxy) is 1. The number of aromatic nitrogens is 1. The van der Waals surface area contributed by atoms with Crippen LogP contribution in [0.4, 0.5) is 18.0 Å². The van der Waals surface area contributed by atoms with E-state index in [1.165, 1.54) is 18.2 Å². The molecule has 0 saturated carbocycles. The highest BCUT2D eigenvalue weighted by Gasteiger charge is 2.47. The third-order valence-corrected chi connectivity index (χ3v) is 4.68. The summed E-state index contributed by atoms with van der Waals surface area (Å²) in [7, 11) is 0. The van der Waals surface area contributed by atoms with Crippen LogP contribution in [0.1, 0.15) is 45.9 Å². The van der Waals surface area contributed by atoms with E-state index in [9.17, 15) is 33.2 Å². The summed E-state index contributed by atoms with van der Waals surface area (Å²) in [5.74, 6) is -0.542. The maximum atomic E-state index is 13.8. The number of aliphatic hydroxyl groups is 1. The third kappa shape index (κ3) is 6.64. The first-order valence-corrected chi connectivity index (χ1v) is 9.96. The zero-order valence-corrected chi connectivity index (χ0v) is 18.9. The van der Waals surface area contributed by atoms with E-state index in [4.69, 9.17) is 4.74 Å². The summed E-state index contributed by atoms with van der Waals surface area (Å²) in [6, 6.07) is 7.46. The Bertz CT molecular complexity index is 1020. The number of carbonyl (C=O) groups is 1. The Kier molecular flexibility index (Phi) is 7.37. The second-order valence-corrected chi connectivity index (χ2v) is 9.10. The average Bonchev–Trinajstić information content (AvgIpc) is 2.65. The van der Waals surface area contributed by atoms with Gasteiger partial charge in [-0.15, -0.1) is 0 Å². The highest BCUT2D eigenvalue weighted by atomic mass is 19.3. The molecule has 1 aromatic carbocycles. The summed E-state index contributed by atoms with van der Waals surface area (Å²) in [6.07, 6.45) is -4.32. The van der Waals surface area contributed by atoms with E-state index in [1.807, 2.05) is 0 Å². The number of rotatable bonds is 7. The molecular weight excluding hydrogens is 443 g/mol. The first-order valence-electron chi connectivity index (χ1n) is 9.96. The van der Waals surface area contributed by atoms with Gasteiger partial charge in [-0.2, -0.15) is 0 Å². The number of benzene rings is 1. The van der Waals surface area contributed by atoms with Crippen molar-refractivity contribution in [2.45, 2.75) is 57.8 Å². The van der Waals surface area contributed by atoms with Gasteiger partial charge in [0.05, 0.1) is 16.9 Å². The lowest BCUT2D eigenvalue weighted by molar-refractivity contribution is -0.508. The van der Waals surface area contributed by atoms with Crippen molar-refractivity contribution in [2.24, 2.45) is 0 Å². The minimum Gasteiger partial charge on any atom is -0.444 e. The highest BCUT2D eigenvalue weighted by Crippen LogP contribution is 2.34. The summed E-state index contributed by atoms with van der Waals surface area (Å²) in [6.45, 7) is 6.61. The number of hydrogen-bond donors (Lipinski definition) is 2. The van der Waals surface area contributed by atoms with Crippen LogP contribution in [-0.4, -0.2) is 39.7 Å². The largest absolute Gasteiger partial charge is 0.444 e. The van der Waals surface area contributed by atoms with Gasteiger partial charge in [-0.05, 0) is 76.6 Å². The normalized spacial score (nSPS) is 14.0. The minimum absolute atomic E-state index is 0.0454. The van der Waals surface area contributed by atoms with Gasteiger partial charge in [0.2, 0.25) is 12.1 Å². The van der Waals surface area contributed by atoms with Crippen LogP contribution in [0.3, 0.4) is 0 Å². The summed E-state index contributed by atoms with van der Waals surface area (Å²) in [5.41, 5.74) is -5.33. The second-order valence-electron chi connectivity index (χ2n) is 9.10. The molecule has 2 N–H and O–H groups in total. The lowest BCUT2D eigenvalue weighted by Crippen LogP contribution is -2.45. The Morgan fingerprint density at radius 2 is 1.76 bits per heavy atom. The highest BCUT2D eigenvalue weighted by molar-refractivity contribution is 5.69. The summed E-state index contributed by atoms with van der Waals surface area (Å²) in [5, 5.41) is 24.2. The van der Waals surface area contributed by atoms with E-state index in [-0.39, 0.29) is 11.3 Å². The number of nitrogens with zero attached hydrogens (tertiary/aromatic N) is 2. The maximum Gasteiger partial charge on any atom is 0.408 e. The van der Waals surface area contributed by atoms with Crippen molar-refractivity contribution in [1.82, 2.24) is 10.3 Å². The molecule has 180 valence electrons. The summed E-state index contributed by atoms with van der Waals surface area (Å²) >= 11 is 0. The van der Waals surface area contributed by atoms with Crippen LogP contribution in [0.15, 0.2) is 36.4 Å². The quantitative estimate of drug-likeness (QED) is 0.460. The van der Waals surface area contributed by atoms with Gasteiger partial charge >= 0.3 is 6.09 Å². The number of halogens is 3. The van der Waals surface area contributed by atoms with E-state index >= 15 is 0 Å². The molecular formula is C22H26F3N3O5. The van der Waals surface area contributed by atoms with Gasteiger partial charge in [0, 0.05) is 10.5 Å². The fraction of sp³-hybridized carbons (Fsp3) is 0.455. The molecule has 1 aromatic heterocycles. The van der Waals surface area contributed by atoms with Crippen molar-refractivity contribution in [3.8, 4) is 11.3 Å². The van der Waals surface area contributed by atoms with E-state index in [1.54, 1.807) is 34.6 Å². The zero-order valence-electron chi connectivity index (χ0n) is 18.9. The number of nitro groups is 1. The first kappa shape index (κ1) is 26.0. The maximum absolute atomic E-state index is 13.8. The van der Waals surface area contributed by atoms with Crippen LogP contribution in [0.25, 0.3) is 11.3 Å². The van der Waals surface area contributed by atoms with E-state index in [2.05, 4.69) is 10.3 Å². The Morgan fingerprint density at radius 3 is 2.24 bits per heavy atom. The molecule has 1 amide bonds. The molecule has 0 bridgehead atoms. The molecule has 0 radical (unpaired) electrons. The van der Waals surface area contributed by atoms with E-state index in [0.717, 1.165) is 18.2 Å². The molecule has 0 aliphatic heterocycles. The molecule has 0 aliphatic rings. The predicted octanol–water partition coefficient (Wildman–Crippen LogP) is 4.38. The fourth-order valence-electron chi connectivity index (χ4n) is 2.97. The summed E-state index contributed by atoms with van der Waals surface area (Å²) < 4.78 is 46.2. The standard InChI is InChI=1S/C22H26F3N3O5/c1-20(2,3)33-19(29)27-21(4,5)14-10-16(13-6-8-15(23)9-7-13)26-17(11-14)22(30,18(24)25)12-28(31)32/h6-11,18,30H,12H2,1-5H3,(H,27,29). The minimum atomic E-state index is -3.53. The number of nitrogens with one attached hydrogen (secondary N) is 1. The second kappa shape index (κ2) is 9.34. The van der Waals surface area contributed by atoms with Crippen molar-refractivity contribution >= 4 is 6.09 Å². The molecule has 0 saturated heterocycles. The van der Waals surface area contributed by atoms with Gasteiger partial charge in [-0.1, -0.05) is 0 Å². The van der Waals surface area contributed by atoms with Crippen LogP contribution >= 0.6 is 0 Å². The smallest absolute Gasteiger partial charge is 0.408 e. The molecule has 0 aliphatic carbocycles. The third-order valence-electron chi connectivity index (χ3n) is 4.68. The van der Waals surface area contributed by atoms with Crippen LogP contribution < -0.4 is 5.32 Å².